The van der Waals surface area contributed by atoms with Gasteiger partial charge in [0.25, 0.3) is 0 Å². The van der Waals surface area contributed by atoms with Crippen molar-refractivity contribution in [1.82, 2.24) is 5.32 Å². The predicted octanol–water partition coefficient (Wildman–Crippen LogP) is 3.87. The van der Waals surface area contributed by atoms with Crippen molar-refractivity contribution in [2.75, 3.05) is 13.2 Å². The lowest BCUT2D eigenvalue weighted by atomic mass is 10.1. The lowest BCUT2D eigenvalue weighted by molar-refractivity contribution is 0.290. The molecule has 1 aromatic rings. The molecule has 1 atom stereocenters. The fourth-order valence-corrected chi connectivity index (χ4v) is 1.51. The standard InChI is InChI=1S/C15H24FNO/c1-5-10-18-13-8-6-12(7-9-13)14(16)11-17-15(2,3)4/h6-9,14,17H,5,10-11H2,1-4H3. The van der Waals surface area contributed by atoms with Crippen molar-refractivity contribution in [3.8, 4) is 5.75 Å². The van der Waals surface area contributed by atoms with Crippen molar-refractivity contribution in [2.24, 2.45) is 0 Å². The van der Waals surface area contributed by atoms with E-state index in [4.69, 9.17) is 4.74 Å². The molecule has 0 amide bonds. The van der Waals surface area contributed by atoms with E-state index in [2.05, 4.69) is 12.2 Å². The van der Waals surface area contributed by atoms with Crippen LogP contribution in [-0.2, 0) is 0 Å². The topological polar surface area (TPSA) is 21.3 Å². The highest BCUT2D eigenvalue weighted by Crippen LogP contribution is 2.21. The molecule has 3 heteroatoms. The molecule has 0 saturated carbocycles. The van der Waals surface area contributed by atoms with Crippen LogP contribution >= 0.6 is 0 Å². The van der Waals surface area contributed by atoms with Gasteiger partial charge >= 0.3 is 0 Å². The lowest BCUT2D eigenvalue weighted by Crippen LogP contribution is -2.37. The van der Waals surface area contributed by atoms with Crippen molar-refractivity contribution < 1.29 is 9.13 Å². The van der Waals surface area contributed by atoms with Gasteiger partial charge in [-0.1, -0.05) is 19.1 Å². The van der Waals surface area contributed by atoms with Gasteiger partial charge in [-0.15, -0.1) is 0 Å². The third-order valence-electron chi connectivity index (χ3n) is 2.53. The van der Waals surface area contributed by atoms with Crippen LogP contribution in [0.1, 0.15) is 45.9 Å². The van der Waals surface area contributed by atoms with E-state index in [-0.39, 0.29) is 5.54 Å². The maximum absolute atomic E-state index is 13.9. The predicted molar refractivity (Wildman–Crippen MR) is 73.8 cm³/mol. The molecule has 0 bridgehead atoms. The molecule has 1 N–H and O–H groups in total. The van der Waals surface area contributed by atoms with E-state index in [1.807, 2.05) is 32.9 Å². The smallest absolute Gasteiger partial charge is 0.138 e. The van der Waals surface area contributed by atoms with Crippen molar-refractivity contribution >= 4 is 0 Å². The molecule has 0 aliphatic heterocycles. The first-order chi connectivity index (χ1) is 8.42. The normalized spacial score (nSPS) is 13.4. The molecular weight excluding hydrogens is 229 g/mol. The van der Waals surface area contributed by atoms with Gasteiger partial charge in [0, 0.05) is 12.1 Å². The lowest BCUT2D eigenvalue weighted by Gasteiger charge is -2.22. The molecule has 102 valence electrons. The first-order valence-corrected chi connectivity index (χ1v) is 6.54. The van der Waals surface area contributed by atoms with Crippen LogP contribution in [0.3, 0.4) is 0 Å². The monoisotopic (exact) mass is 253 g/mol. The van der Waals surface area contributed by atoms with E-state index in [9.17, 15) is 4.39 Å². The van der Waals surface area contributed by atoms with Gasteiger partial charge in [-0.2, -0.15) is 0 Å². The van der Waals surface area contributed by atoms with E-state index in [0.717, 1.165) is 12.2 Å². The van der Waals surface area contributed by atoms with Crippen LogP contribution in [0, 0.1) is 0 Å². The van der Waals surface area contributed by atoms with Gasteiger partial charge in [0.05, 0.1) is 6.61 Å². The summed E-state index contributed by atoms with van der Waals surface area (Å²) in [6, 6.07) is 7.24. The maximum atomic E-state index is 13.9. The second-order valence-corrected chi connectivity index (χ2v) is 5.52. The van der Waals surface area contributed by atoms with E-state index in [0.29, 0.717) is 18.7 Å². The molecule has 1 aromatic carbocycles. The fourth-order valence-electron chi connectivity index (χ4n) is 1.51. The Morgan fingerprint density at radius 2 is 1.83 bits per heavy atom. The van der Waals surface area contributed by atoms with Crippen molar-refractivity contribution in [3.63, 3.8) is 0 Å². The Bertz CT molecular complexity index is 343. The molecule has 0 aliphatic rings. The zero-order chi connectivity index (χ0) is 13.6. The summed E-state index contributed by atoms with van der Waals surface area (Å²) in [5.74, 6) is 0.802. The summed E-state index contributed by atoms with van der Waals surface area (Å²) in [6.07, 6.45) is -0.00680. The average Bonchev–Trinajstić information content (AvgIpc) is 2.33. The largest absolute Gasteiger partial charge is 0.494 e. The summed E-state index contributed by atoms with van der Waals surface area (Å²) in [5, 5.41) is 3.16. The molecule has 0 radical (unpaired) electrons. The summed E-state index contributed by atoms with van der Waals surface area (Å²) in [7, 11) is 0. The van der Waals surface area contributed by atoms with E-state index >= 15 is 0 Å². The molecule has 2 nitrogen and oxygen atoms in total. The highest BCUT2D eigenvalue weighted by atomic mass is 19.1. The van der Waals surface area contributed by atoms with E-state index in [1.54, 1.807) is 12.1 Å². The quantitative estimate of drug-likeness (QED) is 0.831. The van der Waals surface area contributed by atoms with Crippen LogP contribution in [0.2, 0.25) is 0 Å². The van der Waals surface area contributed by atoms with Crippen molar-refractivity contribution in [1.29, 1.82) is 0 Å². The zero-order valence-electron chi connectivity index (χ0n) is 11.8. The van der Waals surface area contributed by atoms with E-state index < -0.39 is 6.17 Å². The summed E-state index contributed by atoms with van der Waals surface area (Å²) in [6.45, 7) is 9.18. The second-order valence-electron chi connectivity index (χ2n) is 5.52. The molecule has 0 fully saturated rings. The highest BCUT2D eigenvalue weighted by Gasteiger charge is 2.14. The van der Waals surface area contributed by atoms with Gasteiger partial charge < -0.3 is 10.1 Å². The molecule has 0 aromatic heterocycles. The van der Waals surface area contributed by atoms with Gasteiger partial charge in [0.1, 0.15) is 11.9 Å². The molecule has 0 saturated heterocycles. The van der Waals surface area contributed by atoms with Crippen LogP contribution in [0.4, 0.5) is 4.39 Å². The number of hydrogen-bond donors (Lipinski definition) is 1. The number of alkyl halides is 1. The van der Waals surface area contributed by atoms with Gasteiger partial charge in [-0.25, -0.2) is 4.39 Å². The third kappa shape index (κ3) is 5.50. The molecule has 1 rings (SSSR count). The van der Waals surface area contributed by atoms with Crippen molar-refractivity contribution in [2.45, 2.75) is 45.8 Å². The number of hydrogen-bond acceptors (Lipinski definition) is 2. The highest BCUT2D eigenvalue weighted by molar-refractivity contribution is 5.28. The number of rotatable bonds is 6. The van der Waals surface area contributed by atoms with Gasteiger partial charge in [0.15, 0.2) is 0 Å². The zero-order valence-corrected chi connectivity index (χ0v) is 11.8. The summed E-state index contributed by atoms with van der Waals surface area (Å²) < 4.78 is 19.4. The Morgan fingerprint density at radius 3 is 2.33 bits per heavy atom. The van der Waals surface area contributed by atoms with Crippen LogP contribution < -0.4 is 10.1 Å². The first kappa shape index (κ1) is 15.0. The second kappa shape index (κ2) is 6.74. The maximum Gasteiger partial charge on any atom is 0.138 e. The minimum atomic E-state index is -0.982. The molecular formula is C15H24FNO. The molecule has 0 aliphatic carbocycles. The van der Waals surface area contributed by atoms with Gasteiger partial charge in [-0.3, -0.25) is 0 Å². The summed E-state index contributed by atoms with van der Waals surface area (Å²) >= 11 is 0. The first-order valence-electron chi connectivity index (χ1n) is 6.54. The van der Waals surface area contributed by atoms with Crippen LogP contribution in [-0.4, -0.2) is 18.7 Å². The van der Waals surface area contributed by atoms with Crippen LogP contribution in [0.5, 0.6) is 5.75 Å². The SMILES string of the molecule is CCCOc1ccc(C(F)CNC(C)(C)C)cc1. The molecule has 0 heterocycles. The van der Waals surface area contributed by atoms with Gasteiger partial charge in [0.2, 0.25) is 0 Å². The fraction of sp³-hybridized carbons (Fsp3) is 0.600. The number of ether oxygens (including phenoxy) is 1. The summed E-state index contributed by atoms with van der Waals surface area (Å²) in [5.41, 5.74) is 0.629. The Labute approximate surface area is 110 Å². The third-order valence-corrected chi connectivity index (χ3v) is 2.53. The minimum Gasteiger partial charge on any atom is -0.494 e. The van der Waals surface area contributed by atoms with Crippen molar-refractivity contribution in [3.05, 3.63) is 29.8 Å². The molecule has 1 unspecified atom stereocenters. The van der Waals surface area contributed by atoms with Crippen LogP contribution in [0.25, 0.3) is 0 Å². The Kier molecular flexibility index (Phi) is 5.60. The Balaban J connectivity index is 2.51. The molecule has 18 heavy (non-hydrogen) atoms. The number of benzene rings is 1. The number of halogens is 1. The molecule has 0 spiro atoms. The Hall–Kier alpha value is -1.09. The number of nitrogens with one attached hydrogen (secondary N) is 1. The van der Waals surface area contributed by atoms with E-state index in [1.165, 1.54) is 0 Å². The Morgan fingerprint density at radius 1 is 1.22 bits per heavy atom. The summed E-state index contributed by atoms with van der Waals surface area (Å²) in [4.78, 5) is 0. The minimum absolute atomic E-state index is 0.0610. The average molecular weight is 253 g/mol. The van der Waals surface area contributed by atoms with Gasteiger partial charge in [-0.05, 0) is 44.9 Å². The van der Waals surface area contributed by atoms with Crippen LogP contribution in [0.15, 0.2) is 24.3 Å².